The molecule has 0 radical (unpaired) electrons. The minimum Gasteiger partial charge on any atom is -0.323 e. The average Bonchev–Trinajstić information content (AvgIpc) is 2.89. The van der Waals surface area contributed by atoms with Gasteiger partial charge in [-0.25, -0.2) is 9.18 Å². The third-order valence-corrected chi connectivity index (χ3v) is 4.82. The van der Waals surface area contributed by atoms with E-state index in [0.717, 1.165) is 4.90 Å². The average molecular weight is 390 g/mol. The van der Waals surface area contributed by atoms with E-state index in [9.17, 15) is 18.8 Å². The van der Waals surface area contributed by atoms with E-state index in [-0.39, 0.29) is 6.42 Å². The Balaban J connectivity index is 1.80. The molecular formula is C19H17ClFN3O3. The first kappa shape index (κ1) is 18.8. The molecule has 2 N–H and O–H groups in total. The van der Waals surface area contributed by atoms with Gasteiger partial charge < -0.3 is 10.6 Å². The van der Waals surface area contributed by atoms with Gasteiger partial charge in [-0.2, -0.15) is 0 Å². The highest BCUT2D eigenvalue weighted by Gasteiger charge is 2.51. The smallest absolute Gasteiger partial charge is 0.323 e. The zero-order valence-corrected chi connectivity index (χ0v) is 15.2. The van der Waals surface area contributed by atoms with Crippen LogP contribution in [0, 0.1) is 5.82 Å². The second-order valence-electron chi connectivity index (χ2n) is 6.12. The quantitative estimate of drug-likeness (QED) is 0.770. The van der Waals surface area contributed by atoms with Crippen molar-refractivity contribution in [3.8, 4) is 0 Å². The lowest BCUT2D eigenvalue weighted by Gasteiger charge is -2.25. The Morgan fingerprint density at radius 3 is 2.48 bits per heavy atom. The van der Waals surface area contributed by atoms with Gasteiger partial charge in [-0.05, 0) is 36.2 Å². The Hall–Kier alpha value is -2.93. The van der Waals surface area contributed by atoms with Crippen molar-refractivity contribution in [2.24, 2.45) is 0 Å². The molecule has 6 nitrogen and oxygen atoms in total. The lowest BCUT2D eigenvalue weighted by molar-refractivity contribution is -0.134. The van der Waals surface area contributed by atoms with E-state index in [2.05, 4.69) is 10.6 Å². The van der Waals surface area contributed by atoms with Crippen LogP contribution in [0.5, 0.6) is 0 Å². The molecule has 3 rings (SSSR count). The molecule has 2 aromatic carbocycles. The number of hydrogen-bond donors (Lipinski definition) is 2. The Kier molecular flexibility index (Phi) is 5.14. The van der Waals surface area contributed by atoms with Gasteiger partial charge in [-0.15, -0.1) is 0 Å². The van der Waals surface area contributed by atoms with Crippen molar-refractivity contribution in [3.05, 3.63) is 64.9 Å². The van der Waals surface area contributed by atoms with E-state index in [0.29, 0.717) is 16.3 Å². The molecule has 0 spiro atoms. The van der Waals surface area contributed by atoms with E-state index in [1.165, 1.54) is 24.3 Å². The number of carbonyl (C=O) groups is 3. The molecule has 0 bridgehead atoms. The van der Waals surface area contributed by atoms with Gasteiger partial charge in [0.25, 0.3) is 5.91 Å². The first-order valence-electron chi connectivity index (χ1n) is 8.32. The topological polar surface area (TPSA) is 78.5 Å². The van der Waals surface area contributed by atoms with Crippen LogP contribution in [-0.2, 0) is 15.1 Å². The number of rotatable bonds is 5. The summed E-state index contributed by atoms with van der Waals surface area (Å²) < 4.78 is 13.2. The van der Waals surface area contributed by atoms with E-state index in [4.69, 9.17) is 11.6 Å². The summed E-state index contributed by atoms with van der Waals surface area (Å²) in [6.07, 6.45) is 0.256. The maximum Gasteiger partial charge on any atom is 0.325 e. The molecule has 1 atom stereocenters. The number of nitrogens with zero attached hydrogens (tertiary/aromatic N) is 1. The molecule has 8 heteroatoms. The zero-order chi connectivity index (χ0) is 19.6. The number of para-hydroxylation sites is 1. The Labute approximate surface area is 160 Å². The maximum absolute atomic E-state index is 13.2. The van der Waals surface area contributed by atoms with E-state index >= 15 is 0 Å². The number of nitrogens with one attached hydrogen (secondary N) is 2. The molecule has 27 heavy (non-hydrogen) atoms. The summed E-state index contributed by atoms with van der Waals surface area (Å²) in [6, 6.07) is 11.3. The zero-order valence-electron chi connectivity index (χ0n) is 14.5. The first-order chi connectivity index (χ1) is 12.9. The van der Waals surface area contributed by atoms with Crippen molar-refractivity contribution in [1.29, 1.82) is 0 Å². The monoisotopic (exact) mass is 389 g/mol. The number of amides is 4. The highest BCUT2D eigenvalue weighted by molar-refractivity contribution is 6.33. The van der Waals surface area contributed by atoms with E-state index in [1.807, 2.05) is 0 Å². The van der Waals surface area contributed by atoms with Crippen LogP contribution in [0.25, 0.3) is 0 Å². The fourth-order valence-electron chi connectivity index (χ4n) is 3.04. The molecule has 0 aromatic heterocycles. The van der Waals surface area contributed by atoms with Crippen molar-refractivity contribution in [3.63, 3.8) is 0 Å². The van der Waals surface area contributed by atoms with Gasteiger partial charge in [0.2, 0.25) is 5.91 Å². The molecule has 1 heterocycles. The van der Waals surface area contributed by atoms with Crippen molar-refractivity contribution >= 4 is 35.1 Å². The largest absolute Gasteiger partial charge is 0.325 e. The predicted molar refractivity (Wildman–Crippen MR) is 98.7 cm³/mol. The molecule has 1 saturated heterocycles. The fourth-order valence-corrected chi connectivity index (χ4v) is 3.22. The van der Waals surface area contributed by atoms with Gasteiger partial charge in [-0.1, -0.05) is 42.8 Å². The molecule has 2 aromatic rings. The number of imide groups is 1. The van der Waals surface area contributed by atoms with Gasteiger partial charge in [0, 0.05) is 0 Å². The third-order valence-electron chi connectivity index (χ3n) is 4.49. The standard InChI is InChI=1S/C19H17ClFN3O3/c1-2-19(12-7-9-13(21)10-8-12)17(26)24(18(27)23-19)11-16(25)22-15-6-4-3-5-14(15)20/h3-10H,2,11H2,1H3,(H,22,25)(H,23,27)/t19-/m1/s1. The Morgan fingerprint density at radius 2 is 1.85 bits per heavy atom. The second kappa shape index (κ2) is 7.36. The number of urea groups is 1. The van der Waals surface area contributed by atoms with Crippen molar-refractivity contribution < 1.29 is 18.8 Å². The van der Waals surface area contributed by atoms with Gasteiger partial charge in [0.05, 0.1) is 10.7 Å². The van der Waals surface area contributed by atoms with Crippen LogP contribution in [-0.4, -0.2) is 29.3 Å². The SMILES string of the molecule is CC[C@]1(c2ccc(F)cc2)NC(=O)N(CC(=O)Nc2ccccc2Cl)C1=O. The van der Waals surface area contributed by atoms with Crippen LogP contribution in [0.1, 0.15) is 18.9 Å². The van der Waals surface area contributed by atoms with Crippen LogP contribution in [0.4, 0.5) is 14.9 Å². The van der Waals surface area contributed by atoms with Crippen LogP contribution >= 0.6 is 11.6 Å². The third kappa shape index (κ3) is 3.50. The molecule has 1 aliphatic heterocycles. The molecule has 0 unspecified atom stereocenters. The molecular weight excluding hydrogens is 373 g/mol. The Morgan fingerprint density at radius 1 is 1.19 bits per heavy atom. The highest BCUT2D eigenvalue weighted by Crippen LogP contribution is 2.32. The molecule has 0 saturated carbocycles. The molecule has 1 fully saturated rings. The van der Waals surface area contributed by atoms with Gasteiger partial charge in [-0.3, -0.25) is 14.5 Å². The summed E-state index contributed by atoms with van der Waals surface area (Å²) in [5.41, 5.74) is -0.481. The number of carbonyl (C=O) groups excluding carboxylic acids is 3. The number of hydrogen-bond acceptors (Lipinski definition) is 3. The first-order valence-corrected chi connectivity index (χ1v) is 8.69. The summed E-state index contributed by atoms with van der Waals surface area (Å²) in [6.45, 7) is 1.27. The maximum atomic E-state index is 13.2. The Bertz CT molecular complexity index is 903. The molecule has 140 valence electrons. The fraction of sp³-hybridized carbons (Fsp3) is 0.211. The van der Waals surface area contributed by atoms with Crippen molar-refractivity contribution in [2.45, 2.75) is 18.9 Å². The summed E-state index contributed by atoms with van der Waals surface area (Å²) in [7, 11) is 0. The molecule has 0 aliphatic carbocycles. The summed E-state index contributed by atoms with van der Waals surface area (Å²) >= 11 is 6.00. The highest BCUT2D eigenvalue weighted by atomic mass is 35.5. The lowest BCUT2D eigenvalue weighted by Crippen LogP contribution is -2.44. The molecule has 1 aliphatic rings. The number of halogens is 2. The van der Waals surface area contributed by atoms with E-state index in [1.54, 1.807) is 31.2 Å². The number of benzene rings is 2. The second-order valence-corrected chi connectivity index (χ2v) is 6.52. The lowest BCUT2D eigenvalue weighted by atomic mass is 9.87. The van der Waals surface area contributed by atoms with E-state index < -0.39 is 35.7 Å². The predicted octanol–water partition coefficient (Wildman–Crippen LogP) is 3.27. The minimum atomic E-state index is -1.32. The van der Waals surface area contributed by atoms with Crippen LogP contribution in [0.2, 0.25) is 5.02 Å². The summed E-state index contributed by atoms with van der Waals surface area (Å²) in [5.74, 6) is -1.56. The minimum absolute atomic E-state index is 0.256. The van der Waals surface area contributed by atoms with Gasteiger partial charge in [0.1, 0.15) is 17.9 Å². The van der Waals surface area contributed by atoms with Crippen LogP contribution in [0.15, 0.2) is 48.5 Å². The van der Waals surface area contributed by atoms with Crippen molar-refractivity contribution in [1.82, 2.24) is 10.2 Å². The van der Waals surface area contributed by atoms with Crippen molar-refractivity contribution in [2.75, 3.05) is 11.9 Å². The van der Waals surface area contributed by atoms with Gasteiger partial charge in [0.15, 0.2) is 0 Å². The normalized spacial score (nSPS) is 19.1. The summed E-state index contributed by atoms with van der Waals surface area (Å²) in [5, 5.41) is 5.56. The number of anilines is 1. The van der Waals surface area contributed by atoms with Gasteiger partial charge >= 0.3 is 6.03 Å². The summed E-state index contributed by atoms with van der Waals surface area (Å²) in [4.78, 5) is 38.5. The van der Waals surface area contributed by atoms with Crippen LogP contribution in [0.3, 0.4) is 0 Å². The molecule has 4 amide bonds. The van der Waals surface area contributed by atoms with Crippen LogP contribution < -0.4 is 10.6 Å².